The van der Waals surface area contributed by atoms with E-state index in [1.807, 2.05) is 6.08 Å². The van der Waals surface area contributed by atoms with Crippen LogP contribution in [0.25, 0.3) is 0 Å². The van der Waals surface area contributed by atoms with Crippen molar-refractivity contribution in [1.82, 2.24) is 0 Å². The molecule has 0 amide bonds. The number of carbonyl (C=O) groups is 2. The van der Waals surface area contributed by atoms with E-state index in [9.17, 15) is 14.7 Å². The van der Waals surface area contributed by atoms with Crippen LogP contribution in [0, 0.1) is 46.8 Å². The molecule has 4 saturated carbocycles. The van der Waals surface area contributed by atoms with Crippen LogP contribution in [0.1, 0.15) is 58.8 Å². The first-order valence-electron chi connectivity index (χ1n) is 11.4. The minimum Gasteiger partial charge on any atom is -0.449 e. The molecule has 0 spiro atoms. The lowest BCUT2D eigenvalue weighted by molar-refractivity contribution is -0.137. The number of ketones is 1. The van der Waals surface area contributed by atoms with Gasteiger partial charge in [-0.25, -0.2) is 4.79 Å². The maximum Gasteiger partial charge on any atom is 0.510 e. The predicted molar refractivity (Wildman–Crippen MR) is 107 cm³/mol. The molecular formula is C24H32O5. The van der Waals surface area contributed by atoms with E-state index in [2.05, 4.69) is 18.6 Å². The average Bonchev–Trinajstić information content (AvgIpc) is 3.43. The maximum absolute atomic E-state index is 12.0. The van der Waals surface area contributed by atoms with Crippen LogP contribution in [0.5, 0.6) is 0 Å². The Labute approximate surface area is 172 Å². The summed E-state index contributed by atoms with van der Waals surface area (Å²) >= 11 is 0. The number of allylic oxidation sites excluding steroid dienone is 1. The van der Waals surface area contributed by atoms with Gasteiger partial charge in [0.2, 0.25) is 0 Å². The van der Waals surface area contributed by atoms with Gasteiger partial charge >= 0.3 is 6.16 Å². The lowest BCUT2D eigenvalue weighted by Gasteiger charge is -2.59. The number of hydrogen-bond acceptors (Lipinski definition) is 4. The normalized spacial score (nSPS) is 50.2. The average molecular weight is 401 g/mol. The third kappa shape index (κ3) is 2.55. The molecule has 0 aromatic carbocycles. The zero-order valence-electron chi connectivity index (χ0n) is 17.3. The van der Waals surface area contributed by atoms with Gasteiger partial charge in [0.15, 0.2) is 5.78 Å². The van der Waals surface area contributed by atoms with Gasteiger partial charge in [0.1, 0.15) is 0 Å². The molecule has 5 aliphatic carbocycles. The Balaban J connectivity index is 1.51. The summed E-state index contributed by atoms with van der Waals surface area (Å²) in [6.45, 7) is 4.53. The first kappa shape index (κ1) is 19.3. The number of carboxylic acid groups (broad SMARTS) is 1. The number of aliphatic hydroxyl groups is 1. The fourth-order valence-corrected chi connectivity index (χ4v) is 8.57. The van der Waals surface area contributed by atoms with Gasteiger partial charge in [-0.3, -0.25) is 4.79 Å². The first-order chi connectivity index (χ1) is 13.8. The Morgan fingerprint density at radius 2 is 2.14 bits per heavy atom. The summed E-state index contributed by atoms with van der Waals surface area (Å²) in [5, 5.41) is 20.7. The second-order valence-corrected chi connectivity index (χ2v) is 10.3. The number of rotatable bonds is 3. The zero-order valence-corrected chi connectivity index (χ0v) is 17.3. The van der Waals surface area contributed by atoms with Gasteiger partial charge in [-0.2, -0.15) is 0 Å². The quantitative estimate of drug-likeness (QED) is 0.536. The predicted octanol–water partition coefficient (Wildman–Crippen LogP) is 4.56. The van der Waals surface area contributed by atoms with Crippen LogP contribution < -0.4 is 0 Å². The van der Waals surface area contributed by atoms with Crippen LogP contribution in [0.15, 0.2) is 24.0 Å². The number of ether oxygens (including phenoxy) is 1. The van der Waals surface area contributed by atoms with Crippen molar-refractivity contribution in [3.05, 3.63) is 24.0 Å². The lowest BCUT2D eigenvalue weighted by atomic mass is 9.46. The molecule has 0 aromatic heterocycles. The van der Waals surface area contributed by atoms with Crippen molar-refractivity contribution in [3.63, 3.8) is 0 Å². The molecule has 0 unspecified atom stereocenters. The number of carbonyl (C=O) groups excluding carboxylic acids is 1. The summed E-state index contributed by atoms with van der Waals surface area (Å²) in [5.74, 6) is 3.78. The Morgan fingerprint density at radius 1 is 1.34 bits per heavy atom. The smallest absolute Gasteiger partial charge is 0.449 e. The first-order valence-corrected chi connectivity index (χ1v) is 11.4. The molecule has 0 aliphatic heterocycles. The van der Waals surface area contributed by atoms with Gasteiger partial charge < -0.3 is 14.9 Å². The monoisotopic (exact) mass is 400 g/mol. The van der Waals surface area contributed by atoms with Crippen molar-refractivity contribution >= 4 is 11.9 Å². The molecule has 5 rings (SSSR count). The highest BCUT2D eigenvalue weighted by Crippen LogP contribution is 2.77. The molecule has 0 saturated heterocycles. The van der Waals surface area contributed by atoms with Crippen LogP contribution in [-0.4, -0.2) is 27.8 Å². The molecule has 0 aromatic rings. The van der Waals surface area contributed by atoms with Crippen LogP contribution in [0.3, 0.4) is 0 Å². The third-order valence-corrected chi connectivity index (χ3v) is 9.51. The van der Waals surface area contributed by atoms with Crippen molar-refractivity contribution in [2.24, 2.45) is 46.8 Å². The summed E-state index contributed by atoms with van der Waals surface area (Å²) in [5.41, 5.74) is 0.213. The van der Waals surface area contributed by atoms with Crippen molar-refractivity contribution in [3.8, 4) is 0 Å². The van der Waals surface area contributed by atoms with Gasteiger partial charge in [-0.05, 0) is 92.1 Å². The minimum atomic E-state index is -1.34. The molecule has 0 bridgehead atoms. The maximum atomic E-state index is 12.0. The molecule has 2 N–H and O–H groups in total. The summed E-state index contributed by atoms with van der Waals surface area (Å²) in [4.78, 5) is 22.8. The van der Waals surface area contributed by atoms with Crippen molar-refractivity contribution in [2.75, 3.05) is 0 Å². The van der Waals surface area contributed by atoms with E-state index in [-0.39, 0.29) is 11.3 Å². The van der Waals surface area contributed by atoms with Gasteiger partial charge in [-0.15, -0.1) is 0 Å². The van der Waals surface area contributed by atoms with Gasteiger partial charge in [0.25, 0.3) is 0 Å². The second kappa shape index (κ2) is 6.44. The molecule has 4 fully saturated rings. The minimum absolute atomic E-state index is 0.194. The summed E-state index contributed by atoms with van der Waals surface area (Å²) in [7, 11) is 0. The number of fused-ring (bicyclic) bond motifs is 7. The van der Waals surface area contributed by atoms with Crippen LogP contribution >= 0.6 is 0 Å². The molecule has 5 heteroatoms. The molecule has 5 aliphatic rings. The van der Waals surface area contributed by atoms with E-state index < -0.39 is 11.8 Å². The third-order valence-electron chi connectivity index (χ3n) is 9.51. The lowest BCUT2D eigenvalue weighted by Crippen LogP contribution is -2.57. The van der Waals surface area contributed by atoms with Crippen LogP contribution in [0.2, 0.25) is 0 Å². The summed E-state index contributed by atoms with van der Waals surface area (Å²) < 4.78 is 4.65. The highest BCUT2D eigenvalue weighted by Gasteiger charge is 2.76. The fraction of sp³-hybridized carbons (Fsp3) is 0.750. The van der Waals surface area contributed by atoms with E-state index in [1.54, 1.807) is 6.08 Å². The Morgan fingerprint density at radius 3 is 2.86 bits per heavy atom. The molecular weight excluding hydrogens is 368 g/mol. The topological polar surface area (TPSA) is 83.8 Å². The van der Waals surface area contributed by atoms with E-state index in [0.717, 1.165) is 38.5 Å². The molecule has 0 heterocycles. The van der Waals surface area contributed by atoms with E-state index in [0.29, 0.717) is 47.7 Å². The zero-order chi connectivity index (χ0) is 20.6. The second-order valence-electron chi connectivity index (χ2n) is 10.3. The molecule has 5 nitrogen and oxygen atoms in total. The van der Waals surface area contributed by atoms with Crippen LogP contribution in [0.4, 0.5) is 4.79 Å². The van der Waals surface area contributed by atoms with Crippen LogP contribution in [-0.2, 0) is 9.53 Å². The van der Waals surface area contributed by atoms with Gasteiger partial charge in [0.05, 0.1) is 11.9 Å². The Bertz CT molecular complexity index is 799. The number of hydrogen-bond donors (Lipinski definition) is 2. The Hall–Kier alpha value is -1.62. The summed E-state index contributed by atoms with van der Waals surface area (Å²) in [6.07, 6.45) is 10.1. The van der Waals surface area contributed by atoms with Crippen molar-refractivity contribution < 1.29 is 24.5 Å². The molecule has 9 atom stereocenters. The van der Waals surface area contributed by atoms with Crippen molar-refractivity contribution in [1.29, 1.82) is 0 Å². The summed E-state index contributed by atoms with van der Waals surface area (Å²) in [6, 6.07) is 0. The van der Waals surface area contributed by atoms with E-state index in [4.69, 9.17) is 5.11 Å². The SMILES string of the molecule is CC[C@]12CC[C@H]3[C@H]([C@@H]1[C@@H]1C[C@@H]1[C@@]2(O)/C=C\OC(=O)O)[C@@H](C)CC1=CC(=O)CC[C@@H]13. The highest BCUT2D eigenvalue weighted by atomic mass is 16.7. The molecule has 29 heavy (non-hydrogen) atoms. The van der Waals surface area contributed by atoms with Gasteiger partial charge in [-0.1, -0.05) is 19.4 Å². The largest absolute Gasteiger partial charge is 0.510 e. The van der Waals surface area contributed by atoms with E-state index >= 15 is 0 Å². The van der Waals surface area contributed by atoms with E-state index in [1.165, 1.54) is 11.8 Å². The molecule has 158 valence electrons. The molecule has 0 radical (unpaired) electrons. The fourth-order valence-electron chi connectivity index (χ4n) is 8.57. The van der Waals surface area contributed by atoms with Crippen molar-refractivity contribution in [2.45, 2.75) is 64.4 Å². The van der Waals surface area contributed by atoms with Gasteiger partial charge in [0, 0.05) is 11.8 Å². The Kier molecular flexibility index (Phi) is 4.29. The standard InChI is InChI=1S/C24H32O5/c1-3-23-7-6-17-16-5-4-15(25)11-14(16)10-13(2)20(17)21(23)18-12-19(18)24(23,28)8-9-29-22(26)27/h8-9,11,13,16-21,28H,3-7,10,12H2,1-2H3,(H,26,27)/b9-8-/t13-,16-,17+,18+,19-,20+,21-,23-,24-/m0/s1. The highest BCUT2D eigenvalue weighted by molar-refractivity contribution is 5.91.